The standard InChI is InChI=1S/C12H9ClO.3C6H5.Sn/c13-10-6-7-12(14)11(8-10)9-4-2-1-3-5-9;3*1-2-4-6-5-3-1;/h1-8,14H;3*1-5H;/q;;;;+1/p-1. The van der Waals surface area contributed by atoms with E-state index in [1.54, 1.807) is 0 Å². The van der Waals surface area contributed by atoms with Crippen molar-refractivity contribution in [3.63, 3.8) is 0 Å². The van der Waals surface area contributed by atoms with Crippen LogP contribution in [0.15, 0.2) is 140 Å². The van der Waals surface area contributed by atoms with Crippen LogP contribution in [0.2, 0.25) is 5.02 Å². The van der Waals surface area contributed by atoms with E-state index >= 15 is 0 Å². The van der Waals surface area contributed by atoms with E-state index in [9.17, 15) is 0 Å². The predicted molar refractivity (Wildman–Crippen MR) is 141 cm³/mol. The zero-order chi connectivity index (χ0) is 22.5. The second kappa shape index (κ2) is 9.86. The maximum atomic E-state index is 7.35. The second-order valence-electron chi connectivity index (χ2n) is 7.89. The van der Waals surface area contributed by atoms with E-state index in [1.165, 1.54) is 10.7 Å². The van der Waals surface area contributed by atoms with E-state index in [1.807, 2.05) is 36.4 Å². The van der Waals surface area contributed by atoms with Gasteiger partial charge in [-0.05, 0) is 0 Å². The number of rotatable bonds is 6. The van der Waals surface area contributed by atoms with Crippen molar-refractivity contribution in [3.8, 4) is 16.9 Å². The summed E-state index contributed by atoms with van der Waals surface area (Å²) in [6, 6.07) is 48.4. The number of hydrogen-bond donors (Lipinski definition) is 0. The quantitative estimate of drug-likeness (QED) is 0.233. The molecule has 5 aromatic rings. The molecule has 0 bridgehead atoms. The van der Waals surface area contributed by atoms with E-state index < -0.39 is 18.8 Å². The van der Waals surface area contributed by atoms with Gasteiger partial charge in [0, 0.05) is 0 Å². The molecule has 160 valence electrons. The van der Waals surface area contributed by atoms with Gasteiger partial charge in [0.05, 0.1) is 0 Å². The molecule has 1 nitrogen and oxygen atoms in total. The van der Waals surface area contributed by atoms with Crippen LogP contribution in [0.5, 0.6) is 5.75 Å². The van der Waals surface area contributed by atoms with Crippen LogP contribution in [-0.2, 0) is 0 Å². The molecule has 0 unspecified atom stereocenters. The topological polar surface area (TPSA) is 9.23 Å². The SMILES string of the molecule is Clc1ccc([O][Sn]([c]2ccccc2)([c]2ccccc2)[c]2ccccc2)c(-c2ccccc2)c1. The molecule has 3 heteroatoms. The van der Waals surface area contributed by atoms with Crippen LogP contribution in [0, 0.1) is 0 Å². The van der Waals surface area contributed by atoms with Crippen molar-refractivity contribution in [3.05, 3.63) is 145 Å². The Morgan fingerprint density at radius 1 is 0.485 bits per heavy atom. The molecule has 5 rings (SSSR count). The first-order chi connectivity index (χ1) is 16.3. The Morgan fingerprint density at radius 2 is 0.909 bits per heavy atom. The summed E-state index contributed by atoms with van der Waals surface area (Å²) in [4.78, 5) is 0. The Balaban J connectivity index is 1.79. The Kier molecular flexibility index (Phi) is 6.52. The van der Waals surface area contributed by atoms with E-state index in [0.29, 0.717) is 5.02 Å². The van der Waals surface area contributed by atoms with Gasteiger partial charge < -0.3 is 0 Å². The Labute approximate surface area is 204 Å². The summed E-state index contributed by atoms with van der Waals surface area (Å²) in [6.07, 6.45) is 0. The van der Waals surface area contributed by atoms with Gasteiger partial charge in [-0.1, -0.05) is 0 Å². The van der Waals surface area contributed by atoms with E-state index in [-0.39, 0.29) is 0 Å². The predicted octanol–water partition coefficient (Wildman–Crippen LogP) is 6.05. The molecule has 0 aliphatic heterocycles. The van der Waals surface area contributed by atoms with Gasteiger partial charge in [0.2, 0.25) is 0 Å². The van der Waals surface area contributed by atoms with Crippen LogP contribution in [0.25, 0.3) is 11.1 Å². The minimum atomic E-state index is -3.94. The van der Waals surface area contributed by atoms with Crippen LogP contribution >= 0.6 is 11.6 Å². The molecule has 33 heavy (non-hydrogen) atoms. The van der Waals surface area contributed by atoms with Crippen LogP contribution in [-0.4, -0.2) is 18.8 Å². The van der Waals surface area contributed by atoms with Crippen molar-refractivity contribution >= 4 is 41.1 Å². The Morgan fingerprint density at radius 3 is 1.36 bits per heavy atom. The summed E-state index contributed by atoms with van der Waals surface area (Å²) in [5.74, 6) is 0.859. The fraction of sp³-hybridized carbons (Fsp3) is 0. The third-order valence-corrected chi connectivity index (χ3v) is 17.4. The van der Waals surface area contributed by atoms with Crippen LogP contribution in [0.3, 0.4) is 0 Å². The third kappa shape index (κ3) is 4.44. The van der Waals surface area contributed by atoms with Crippen molar-refractivity contribution in [2.24, 2.45) is 0 Å². The molecule has 0 heterocycles. The molecule has 0 amide bonds. The average Bonchev–Trinajstić information content (AvgIpc) is 2.90. The number of halogens is 1. The summed E-state index contributed by atoms with van der Waals surface area (Å²) >= 11 is 2.51. The fourth-order valence-corrected chi connectivity index (χ4v) is 15.4. The van der Waals surface area contributed by atoms with Gasteiger partial charge >= 0.3 is 206 Å². The Bertz CT molecular complexity index is 1230. The van der Waals surface area contributed by atoms with Gasteiger partial charge in [-0.2, -0.15) is 0 Å². The molecule has 0 aliphatic carbocycles. The monoisotopic (exact) mass is 554 g/mol. The number of hydrogen-bond acceptors (Lipinski definition) is 1. The molecule has 5 aromatic carbocycles. The van der Waals surface area contributed by atoms with Gasteiger partial charge in [0.25, 0.3) is 0 Å². The molecular formula is C30H23ClOSn. The van der Waals surface area contributed by atoms with Crippen LogP contribution < -0.4 is 13.8 Å². The van der Waals surface area contributed by atoms with Gasteiger partial charge in [-0.3, -0.25) is 0 Å². The maximum absolute atomic E-state index is 7.35. The van der Waals surface area contributed by atoms with Gasteiger partial charge in [0.15, 0.2) is 0 Å². The molecule has 0 spiro atoms. The van der Waals surface area contributed by atoms with E-state index in [4.69, 9.17) is 14.7 Å². The van der Waals surface area contributed by atoms with Gasteiger partial charge in [-0.25, -0.2) is 0 Å². The zero-order valence-electron chi connectivity index (χ0n) is 18.1. The van der Waals surface area contributed by atoms with E-state index in [0.717, 1.165) is 16.9 Å². The normalized spacial score (nSPS) is 11.2. The fourth-order valence-electron chi connectivity index (χ4n) is 4.29. The summed E-state index contributed by atoms with van der Waals surface area (Å²) in [7, 11) is 0. The molecule has 0 aromatic heterocycles. The van der Waals surface area contributed by atoms with Gasteiger partial charge in [-0.15, -0.1) is 0 Å². The Hall–Kier alpha value is -3.01. The molecule has 0 radical (unpaired) electrons. The molecule has 0 saturated carbocycles. The average molecular weight is 554 g/mol. The van der Waals surface area contributed by atoms with Crippen LogP contribution in [0.4, 0.5) is 0 Å². The van der Waals surface area contributed by atoms with Crippen molar-refractivity contribution in [2.75, 3.05) is 0 Å². The molecule has 0 fully saturated rings. The van der Waals surface area contributed by atoms with E-state index in [2.05, 4.69) is 103 Å². The molecular weight excluding hydrogens is 530 g/mol. The van der Waals surface area contributed by atoms with Crippen LogP contribution in [0.1, 0.15) is 0 Å². The zero-order valence-corrected chi connectivity index (χ0v) is 21.7. The molecule has 0 atom stereocenters. The third-order valence-electron chi connectivity index (χ3n) is 5.83. The van der Waals surface area contributed by atoms with Crippen molar-refractivity contribution in [1.82, 2.24) is 0 Å². The second-order valence-corrected chi connectivity index (χ2v) is 17.7. The van der Waals surface area contributed by atoms with Crippen molar-refractivity contribution in [2.45, 2.75) is 0 Å². The summed E-state index contributed by atoms with van der Waals surface area (Å²) in [6.45, 7) is 0. The van der Waals surface area contributed by atoms with Crippen molar-refractivity contribution in [1.29, 1.82) is 0 Å². The van der Waals surface area contributed by atoms with Crippen molar-refractivity contribution < 1.29 is 3.07 Å². The molecule has 0 N–H and O–H groups in total. The summed E-state index contributed by atoms with van der Waals surface area (Å²) in [5, 5.41) is 0.695. The summed E-state index contributed by atoms with van der Waals surface area (Å²) < 4.78 is 11.1. The first-order valence-electron chi connectivity index (χ1n) is 11.0. The minimum absolute atomic E-state index is 0.695. The first-order valence-corrected chi connectivity index (χ1v) is 16.8. The molecule has 0 aliphatic rings. The summed E-state index contributed by atoms with van der Waals surface area (Å²) in [5.41, 5.74) is 2.09. The first kappa shape index (κ1) is 21.8. The number of benzene rings is 5. The van der Waals surface area contributed by atoms with Gasteiger partial charge in [0.1, 0.15) is 0 Å². The molecule has 0 saturated heterocycles.